The van der Waals surface area contributed by atoms with Crippen LogP contribution in [0.5, 0.6) is 0 Å². The number of benzene rings is 2. The summed E-state index contributed by atoms with van der Waals surface area (Å²) >= 11 is 3.29. The van der Waals surface area contributed by atoms with Gasteiger partial charge < -0.3 is 10.1 Å². The summed E-state index contributed by atoms with van der Waals surface area (Å²) in [6, 6.07) is 11.3. The van der Waals surface area contributed by atoms with Crippen LogP contribution in [-0.4, -0.2) is 42.2 Å². The zero-order valence-corrected chi connectivity index (χ0v) is 16.6. The van der Waals surface area contributed by atoms with Crippen molar-refractivity contribution in [2.75, 3.05) is 19.0 Å². The van der Waals surface area contributed by atoms with Crippen molar-refractivity contribution < 1.29 is 23.9 Å². The molecule has 1 aliphatic rings. The van der Waals surface area contributed by atoms with E-state index in [0.717, 1.165) is 9.37 Å². The van der Waals surface area contributed by atoms with Gasteiger partial charge >= 0.3 is 5.97 Å². The Morgan fingerprint density at radius 3 is 2.57 bits per heavy atom. The van der Waals surface area contributed by atoms with E-state index in [4.69, 9.17) is 0 Å². The maximum absolute atomic E-state index is 12.4. The highest BCUT2D eigenvalue weighted by Gasteiger charge is 2.35. The molecule has 0 bridgehead atoms. The minimum atomic E-state index is -0.492. The zero-order chi connectivity index (χ0) is 20.3. The van der Waals surface area contributed by atoms with E-state index in [9.17, 15) is 19.2 Å². The molecular weight excluding hydrogens is 428 g/mol. The van der Waals surface area contributed by atoms with Crippen LogP contribution < -0.4 is 5.32 Å². The minimum Gasteiger partial charge on any atom is -0.465 e. The van der Waals surface area contributed by atoms with E-state index in [-0.39, 0.29) is 30.7 Å². The maximum atomic E-state index is 12.4. The van der Waals surface area contributed by atoms with Crippen molar-refractivity contribution in [3.05, 3.63) is 63.6 Å². The fourth-order valence-corrected chi connectivity index (χ4v) is 3.29. The maximum Gasteiger partial charge on any atom is 0.337 e. The Labute approximate surface area is 169 Å². The molecule has 1 aliphatic heterocycles. The second-order valence-electron chi connectivity index (χ2n) is 6.18. The highest BCUT2D eigenvalue weighted by atomic mass is 79.9. The number of hydrogen-bond donors (Lipinski definition) is 1. The number of carbonyl (C=O) groups excluding carboxylic acids is 4. The number of esters is 1. The van der Waals surface area contributed by atoms with Gasteiger partial charge in [-0.1, -0.05) is 22.0 Å². The standard InChI is InChI=1S/C20H17BrN2O5/c1-28-20(27)12-4-2-5-14(10-12)22-17(24)6-3-9-23-18(25)15-8-7-13(21)11-16(15)19(23)26/h2,4-5,7-8,10-11H,3,6,9H2,1H3,(H,22,24). The number of methoxy groups -OCH3 is 1. The Kier molecular flexibility index (Phi) is 5.89. The van der Waals surface area contributed by atoms with Gasteiger partial charge in [0.15, 0.2) is 0 Å². The molecule has 2 aromatic rings. The molecule has 28 heavy (non-hydrogen) atoms. The SMILES string of the molecule is COC(=O)c1cccc(NC(=O)CCCN2C(=O)c3ccc(Br)cc3C2=O)c1. The number of nitrogens with one attached hydrogen (secondary N) is 1. The van der Waals surface area contributed by atoms with E-state index in [1.54, 1.807) is 36.4 Å². The van der Waals surface area contributed by atoms with E-state index in [1.165, 1.54) is 13.2 Å². The second-order valence-corrected chi connectivity index (χ2v) is 7.09. The lowest BCUT2D eigenvalue weighted by Crippen LogP contribution is -2.31. The number of carbonyl (C=O) groups is 4. The van der Waals surface area contributed by atoms with Crippen molar-refractivity contribution in [2.45, 2.75) is 12.8 Å². The van der Waals surface area contributed by atoms with Crippen LogP contribution in [0.3, 0.4) is 0 Å². The Hall–Kier alpha value is -3.00. The van der Waals surface area contributed by atoms with E-state index in [1.807, 2.05) is 0 Å². The summed E-state index contributed by atoms with van der Waals surface area (Å²) in [4.78, 5) is 49.6. The number of halogens is 1. The van der Waals surface area contributed by atoms with Crippen LogP contribution in [-0.2, 0) is 9.53 Å². The number of anilines is 1. The van der Waals surface area contributed by atoms with Gasteiger partial charge in [-0.25, -0.2) is 4.79 Å². The van der Waals surface area contributed by atoms with Gasteiger partial charge in [0.05, 0.1) is 23.8 Å². The number of rotatable bonds is 6. The van der Waals surface area contributed by atoms with Gasteiger partial charge in [-0.15, -0.1) is 0 Å². The van der Waals surface area contributed by atoms with Crippen LogP contribution in [0.2, 0.25) is 0 Å². The number of amides is 3. The van der Waals surface area contributed by atoms with Crippen molar-refractivity contribution in [1.29, 1.82) is 0 Å². The van der Waals surface area contributed by atoms with E-state index in [0.29, 0.717) is 28.8 Å². The number of imide groups is 1. The van der Waals surface area contributed by atoms with Crippen LogP contribution in [0.25, 0.3) is 0 Å². The summed E-state index contributed by atoms with van der Waals surface area (Å²) in [5.41, 5.74) is 1.54. The first-order valence-electron chi connectivity index (χ1n) is 8.54. The number of hydrogen-bond acceptors (Lipinski definition) is 5. The summed E-state index contributed by atoms with van der Waals surface area (Å²) in [5, 5.41) is 2.69. The van der Waals surface area contributed by atoms with Gasteiger partial charge in [0.1, 0.15) is 0 Å². The molecule has 1 N–H and O–H groups in total. The molecule has 7 nitrogen and oxygen atoms in total. The monoisotopic (exact) mass is 444 g/mol. The van der Waals surface area contributed by atoms with Gasteiger partial charge in [0.25, 0.3) is 11.8 Å². The van der Waals surface area contributed by atoms with Crippen LogP contribution in [0.4, 0.5) is 5.69 Å². The third-order valence-corrected chi connectivity index (χ3v) is 4.78. The Bertz CT molecular complexity index is 973. The lowest BCUT2D eigenvalue weighted by molar-refractivity contribution is -0.116. The number of fused-ring (bicyclic) bond motifs is 1. The largest absolute Gasteiger partial charge is 0.465 e. The lowest BCUT2D eigenvalue weighted by atomic mass is 10.1. The van der Waals surface area contributed by atoms with Crippen molar-refractivity contribution in [3.8, 4) is 0 Å². The van der Waals surface area contributed by atoms with Crippen LogP contribution in [0.15, 0.2) is 46.9 Å². The molecule has 0 atom stereocenters. The molecule has 8 heteroatoms. The molecule has 3 amide bonds. The smallest absolute Gasteiger partial charge is 0.337 e. The first-order valence-corrected chi connectivity index (χ1v) is 9.34. The summed E-state index contributed by atoms with van der Waals surface area (Å²) in [7, 11) is 1.28. The van der Waals surface area contributed by atoms with Crippen molar-refractivity contribution in [1.82, 2.24) is 4.90 Å². The Balaban J connectivity index is 1.54. The van der Waals surface area contributed by atoms with Crippen LogP contribution >= 0.6 is 15.9 Å². The molecule has 0 aromatic heterocycles. The van der Waals surface area contributed by atoms with E-state index < -0.39 is 5.97 Å². The first kappa shape index (κ1) is 19.8. The van der Waals surface area contributed by atoms with Crippen molar-refractivity contribution in [3.63, 3.8) is 0 Å². The normalized spacial score (nSPS) is 12.7. The fourth-order valence-electron chi connectivity index (χ4n) is 2.93. The van der Waals surface area contributed by atoms with Gasteiger partial charge in [-0.3, -0.25) is 19.3 Å². The molecule has 144 valence electrons. The average molecular weight is 445 g/mol. The van der Waals surface area contributed by atoms with Gasteiger partial charge in [-0.2, -0.15) is 0 Å². The lowest BCUT2D eigenvalue weighted by Gasteiger charge is -2.13. The Morgan fingerprint density at radius 1 is 1.07 bits per heavy atom. The second kappa shape index (κ2) is 8.35. The van der Waals surface area contributed by atoms with Crippen LogP contribution in [0, 0.1) is 0 Å². The fraction of sp³-hybridized carbons (Fsp3) is 0.200. The molecule has 0 radical (unpaired) electrons. The summed E-state index contributed by atoms with van der Waals surface area (Å²) < 4.78 is 5.37. The predicted octanol–water partition coefficient (Wildman–Crippen LogP) is 3.25. The summed E-state index contributed by atoms with van der Waals surface area (Å²) in [6.45, 7) is 0.152. The highest BCUT2D eigenvalue weighted by Crippen LogP contribution is 2.26. The molecule has 3 rings (SSSR count). The predicted molar refractivity (Wildman–Crippen MR) is 105 cm³/mol. The first-order chi connectivity index (χ1) is 13.4. The van der Waals surface area contributed by atoms with Gasteiger partial charge in [0, 0.05) is 23.1 Å². The number of nitrogens with zero attached hydrogens (tertiary/aromatic N) is 1. The topological polar surface area (TPSA) is 92.8 Å². The molecule has 0 saturated heterocycles. The molecule has 0 fully saturated rings. The minimum absolute atomic E-state index is 0.125. The van der Waals surface area contributed by atoms with Crippen LogP contribution in [0.1, 0.15) is 43.9 Å². The third-order valence-electron chi connectivity index (χ3n) is 4.29. The molecule has 0 aliphatic carbocycles. The van der Waals surface area contributed by atoms with E-state index in [2.05, 4.69) is 26.0 Å². The van der Waals surface area contributed by atoms with Gasteiger partial charge in [-0.05, 0) is 42.8 Å². The third kappa shape index (κ3) is 4.12. The van der Waals surface area contributed by atoms with Crippen molar-refractivity contribution in [2.24, 2.45) is 0 Å². The van der Waals surface area contributed by atoms with Crippen molar-refractivity contribution >= 4 is 45.3 Å². The average Bonchev–Trinajstić information content (AvgIpc) is 2.91. The summed E-state index contributed by atoms with van der Waals surface area (Å²) in [5.74, 6) is -1.47. The zero-order valence-electron chi connectivity index (χ0n) is 15.0. The summed E-state index contributed by atoms with van der Waals surface area (Å²) in [6.07, 6.45) is 0.453. The Morgan fingerprint density at radius 2 is 1.82 bits per heavy atom. The molecule has 0 saturated carbocycles. The number of ether oxygens (including phenoxy) is 1. The quantitative estimate of drug-likeness (QED) is 0.545. The molecule has 1 heterocycles. The highest BCUT2D eigenvalue weighted by molar-refractivity contribution is 9.10. The molecular formula is C20H17BrN2O5. The molecule has 0 spiro atoms. The van der Waals surface area contributed by atoms with E-state index >= 15 is 0 Å². The molecule has 0 unspecified atom stereocenters. The van der Waals surface area contributed by atoms with Gasteiger partial charge in [0.2, 0.25) is 5.91 Å². The molecule has 2 aromatic carbocycles.